The van der Waals surface area contributed by atoms with E-state index >= 15 is 0 Å². The number of benzene rings is 1. The Labute approximate surface area is 115 Å². The first-order valence-corrected chi connectivity index (χ1v) is 6.77. The number of amides is 1. The molecule has 0 radical (unpaired) electrons. The third-order valence-electron chi connectivity index (χ3n) is 3.60. The van der Waals surface area contributed by atoms with Crippen LogP contribution in [-0.4, -0.2) is 42.0 Å². The number of hydrogen-bond acceptors (Lipinski definition) is 3. The van der Waals surface area contributed by atoms with Crippen molar-refractivity contribution in [3.8, 4) is 0 Å². The Morgan fingerprint density at radius 3 is 2.05 bits per heavy atom. The topological polar surface area (TPSA) is 49.6 Å². The fraction of sp³-hybridized carbons (Fsp3) is 0.533. The molecule has 0 saturated carbocycles. The van der Waals surface area contributed by atoms with Crippen molar-refractivity contribution in [1.29, 1.82) is 0 Å². The van der Waals surface area contributed by atoms with Crippen LogP contribution in [0.2, 0.25) is 0 Å². The lowest BCUT2D eigenvalue weighted by Crippen LogP contribution is -2.51. The lowest BCUT2D eigenvalue weighted by Gasteiger charge is -2.32. The van der Waals surface area contributed by atoms with E-state index in [1.54, 1.807) is 5.01 Å². The monoisotopic (exact) mass is 261 g/mol. The van der Waals surface area contributed by atoms with Crippen LogP contribution in [0.1, 0.15) is 36.7 Å². The van der Waals surface area contributed by atoms with Crippen LogP contribution in [-0.2, 0) is 5.41 Å². The van der Waals surface area contributed by atoms with Crippen LogP contribution in [0.5, 0.6) is 0 Å². The maximum atomic E-state index is 12.3. The summed E-state index contributed by atoms with van der Waals surface area (Å²) < 4.78 is 0. The maximum absolute atomic E-state index is 12.3. The summed E-state index contributed by atoms with van der Waals surface area (Å²) in [4.78, 5) is 14.2. The van der Waals surface area contributed by atoms with Gasteiger partial charge in [-0.1, -0.05) is 32.9 Å². The number of nitrogens with two attached hydrogens (primary N) is 1. The van der Waals surface area contributed by atoms with E-state index in [0.29, 0.717) is 13.1 Å². The summed E-state index contributed by atoms with van der Waals surface area (Å²) in [5.74, 6) is 5.80. The van der Waals surface area contributed by atoms with Crippen molar-refractivity contribution in [1.82, 2.24) is 9.91 Å². The second-order valence-electron chi connectivity index (χ2n) is 6.16. The van der Waals surface area contributed by atoms with Crippen molar-refractivity contribution in [2.45, 2.75) is 26.2 Å². The summed E-state index contributed by atoms with van der Waals surface area (Å²) >= 11 is 0. The number of carbonyl (C=O) groups is 1. The first-order chi connectivity index (χ1) is 8.88. The van der Waals surface area contributed by atoms with E-state index < -0.39 is 0 Å². The molecule has 0 atom stereocenters. The summed E-state index contributed by atoms with van der Waals surface area (Å²) in [6, 6.07) is 7.95. The highest BCUT2D eigenvalue weighted by Crippen LogP contribution is 2.22. The molecule has 104 valence electrons. The zero-order valence-electron chi connectivity index (χ0n) is 12.0. The van der Waals surface area contributed by atoms with Crippen molar-refractivity contribution in [3.63, 3.8) is 0 Å². The Morgan fingerprint density at radius 1 is 1.05 bits per heavy atom. The highest BCUT2D eigenvalue weighted by molar-refractivity contribution is 5.94. The fourth-order valence-electron chi connectivity index (χ4n) is 2.22. The van der Waals surface area contributed by atoms with E-state index in [1.165, 1.54) is 5.56 Å². The predicted octanol–water partition coefficient (Wildman–Crippen LogP) is 1.62. The number of piperazine rings is 1. The standard InChI is InChI=1S/C15H23N3O/c1-15(2,3)13-6-4-12(5-7-13)14(19)17-8-10-18(16)11-9-17/h4-7H,8-11,16H2,1-3H3. The molecule has 19 heavy (non-hydrogen) atoms. The number of nitrogens with zero attached hydrogens (tertiary/aromatic N) is 2. The minimum Gasteiger partial charge on any atom is -0.336 e. The van der Waals surface area contributed by atoms with Crippen molar-refractivity contribution >= 4 is 5.91 Å². The van der Waals surface area contributed by atoms with Crippen LogP contribution in [0.4, 0.5) is 0 Å². The van der Waals surface area contributed by atoms with Crippen LogP contribution >= 0.6 is 0 Å². The molecule has 1 amide bonds. The summed E-state index contributed by atoms with van der Waals surface area (Å²) in [7, 11) is 0. The molecule has 0 aliphatic carbocycles. The number of hydrogen-bond donors (Lipinski definition) is 1. The van der Waals surface area contributed by atoms with Gasteiger partial charge >= 0.3 is 0 Å². The molecule has 1 aliphatic heterocycles. The summed E-state index contributed by atoms with van der Waals surface area (Å²) in [5.41, 5.74) is 2.13. The normalized spacial score (nSPS) is 17.6. The second-order valence-corrected chi connectivity index (χ2v) is 6.16. The third kappa shape index (κ3) is 3.33. The zero-order chi connectivity index (χ0) is 14.0. The van der Waals surface area contributed by atoms with Crippen molar-refractivity contribution < 1.29 is 4.79 Å². The average Bonchev–Trinajstić information content (AvgIpc) is 2.38. The van der Waals surface area contributed by atoms with Gasteiger partial charge in [-0.05, 0) is 23.1 Å². The smallest absolute Gasteiger partial charge is 0.253 e. The van der Waals surface area contributed by atoms with E-state index in [0.717, 1.165) is 18.7 Å². The molecule has 0 unspecified atom stereocenters. The molecule has 0 aromatic heterocycles. The lowest BCUT2D eigenvalue weighted by atomic mass is 9.86. The molecule has 4 nitrogen and oxygen atoms in total. The number of carbonyl (C=O) groups excluding carboxylic acids is 1. The molecular formula is C15H23N3O. The van der Waals surface area contributed by atoms with Crippen molar-refractivity contribution in [3.05, 3.63) is 35.4 Å². The average molecular weight is 261 g/mol. The highest BCUT2D eigenvalue weighted by Gasteiger charge is 2.21. The molecule has 2 N–H and O–H groups in total. The van der Waals surface area contributed by atoms with E-state index in [2.05, 4.69) is 20.8 Å². The van der Waals surface area contributed by atoms with Gasteiger partial charge in [-0.15, -0.1) is 0 Å². The van der Waals surface area contributed by atoms with Crippen LogP contribution < -0.4 is 5.84 Å². The Morgan fingerprint density at radius 2 is 1.58 bits per heavy atom. The Hall–Kier alpha value is -1.39. The van der Waals surface area contributed by atoms with Gasteiger partial charge in [-0.2, -0.15) is 0 Å². The zero-order valence-corrected chi connectivity index (χ0v) is 12.0. The molecular weight excluding hydrogens is 238 g/mol. The minimum atomic E-state index is 0.105. The molecule has 4 heteroatoms. The third-order valence-corrected chi connectivity index (χ3v) is 3.60. The Balaban J connectivity index is 2.08. The van der Waals surface area contributed by atoms with E-state index in [1.807, 2.05) is 29.2 Å². The molecule has 1 aliphatic rings. The van der Waals surface area contributed by atoms with Crippen molar-refractivity contribution in [2.75, 3.05) is 26.2 Å². The molecule has 1 aromatic carbocycles. The first kappa shape index (κ1) is 14.0. The quantitative estimate of drug-likeness (QED) is 0.781. The van der Waals surface area contributed by atoms with Crippen molar-refractivity contribution in [2.24, 2.45) is 5.84 Å². The van der Waals surface area contributed by atoms with Gasteiger partial charge in [0.1, 0.15) is 0 Å². The van der Waals surface area contributed by atoms with E-state index in [9.17, 15) is 4.79 Å². The van der Waals surface area contributed by atoms with Gasteiger partial charge in [-0.25, -0.2) is 5.01 Å². The van der Waals surface area contributed by atoms with Gasteiger partial charge in [-0.3, -0.25) is 10.6 Å². The van der Waals surface area contributed by atoms with Gasteiger partial charge in [0.15, 0.2) is 0 Å². The molecule has 1 heterocycles. The van der Waals surface area contributed by atoms with Gasteiger partial charge in [0.25, 0.3) is 5.91 Å². The predicted molar refractivity (Wildman–Crippen MR) is 76.8 cm³/mol. The van der Waals surface area contributed by atoms with Crippen LogP contribution in [0.3, 0.4) is 0 Å². The lowest BCUT2D eigenvalue weighted by molar-refractivity contribution is 0.0638. The molecule has 0 bridgehead atoms. The van der Waals surface area contributed by atoms with Crippen LogP contribution in [0, 0.1) is 0 Å². The molecule has 1 aromatic rings. The Kier molecular flexibility index (Phi) is 3.92. The van der Waals surface area contributed by atoms with Gasteiger partial charge in [0, 0.05) is 31.7 Å². The van der Waals surface area contributed by atoms with Gasteiger partial charge in [0.05, 0.1) is 0 Å². The van der Waals surface area contributed by atoms with E-state index in [4.69, 9.17) is 5.84 Å². The summed E-state index contributed by atoms with van der Waals surface area (Å²) in [5, 5.41) is 1.76. The van der Waals surface area contributed by atoms with Gasteiger partial charge in [0.2, 0.25) is 0 Å². The molecule has 0 spiro atoms. The fourth-order valence-corrected chi connectivity index (χ4v) is 2.22. The first-order valence-electron chi connectivity index (χ1n) is 6.77. The number of rotatable bonds is 1. The summed E-state index contributed by atoms with van der Waals surface area (Å²) in [6.07, 6.45) is 0. The van der Waals surface area contributed by atoms with E-state index in [-0.39, 0.29) is 11.3 Å². The number of hydrazine groups is 1. The SMILES string of the molecule is CC(C)(C)c1ccc(C(=O)N2CCN(N)CC2)cc1. The second kappa shape index (κ2) is 5.31. The van der Waals surface area contributed by atoms with Crippen LogP contribution in [0.25, 0.3) is 0 Å². The largest absolute Gasteiger partial charge is 0.336 e. The summed E-state index contributed by atoms with van der Waals surface area (Å²) in [6.45, 7) is 9.41. The van der Waals surface area contributed by atoms with Crippen LogP contribution in [0.15, 0.2) is 24.3 Å². The maximum Gasteiger partial charge on any atom is 0.253 e. The highest BCUT2D eigenvalue weighted by atomic mass is 16.2. The molecule has 1 saturated heterocycles. The minimum absolute atomic E-state index is 0.105. The molecule has 1 fully saturated rings. The molecule has 2 rings (SSSR count). The Bertz CT molecular complexity index is 439. The van der Waals surface area contributed by atoms with Gasteiger partial charge < -0.3 is 4.90 Å².